The van der Waals surface area contributed by atoms with E-state index in [0.717, 1.165) is 24.9 Å². The van der Waals surface area contributed by atoms with Crippen LogP contribution in [-0.2, 0) is 20.8 Å². The molecule has 1 saturated heterocycles. The van der Waals surface area contributed by atoms with Crippen LogP contribution in [0.3, 0.4) is 0 Å². The van der Waals surface area contributed by atoms with Crippen LogP contribution < -0.4 is 10.6 Å². The smallest absolute Gasteiger partial charge is 0.356 e. The Morgan fingerprint density at radius 1 is 1.32 bits per heavy atom. The molecule has 3 atom stereocenters. The summed E-state index contributed by atoms with van der Waals surface area (Å²) >= 11 is 0. The summed E-state index contributed by atoms with van der Waals surface area (Å²) in [6, 6.07) is 2.21. The molecule has 0 aromatic carbocycles. The molecule has 8 nitrogen and oxygen atoms in total. The zero-order valence-electron chi connectivity index (χ0n) is 19.2. The van der Waals surface area contributed by atoms with Gasteiger partial charge in [-0.3, -0.25) is 4.79 Å². The van der Waals surface area contributed by atoms with Crippen molar-refractivity contribution in [1.29, 1.82) is 0 Å². The molecule has 1 amide bonds. The minimum absolute atomic E-state index is 0.00293. The van der Waals surface area contributed by atoms with Crippen molar-refractivity contribution in [2.45, 2.75) is 72.1 Å². The molecule has 0 radical (unpaired) electrons. The van der Waals surface area contributed by atoms with Gasteiger partial charge in [-0.1, -0.05) is 20.8 Å². The van der Waals surface area contributed by atoms with Crippen LogP contribution >= 0.6 is 0 Å². The van der Waals surface area contributed by atoms with Gasteiger partial charge in [-0.15, -0.1) is 0 Å². The molecule has 2 N–H and O–H groups in total. The summed E-state index contributed by atoms with van der Waals surface area (Å²) in [4.78, 5) is 30.3. The molecule has 1 fully saturated rings. The maximum absolute atomic E-state index is 12.8. The van der Waals surface area contributed by atoms with Gasteiger partial charge in [0, 0.05) is 24.0 Å². The topological polar surface area (TPSA) is 94.5 Å². The van der Waals surface area contributed by atoms with Crippen LogP contribution in [0.5, 0.6) is 0 Å². The average molecular weight is 431 g/mol. The van der Waals surface area contributed by atoms with Gasteiger partial charge < -0.3 is 24.7 Å². The van der Waals surface area contributed by atoms with Gasteiger partial charge in [-0.2, -0.15) is 0 Å². The highest BCUT2D eigenvalue weighted by atomic mass is 16.5. The predicted octanol–water partition coefficient (Wildman–Crippen LogP) is 4.20. The summed E-state index contributed by atoms with van der Waals surface area (Å²) in [5, 5.41) is 7.12. The number of esters is 1. The second-order valence-electron chi connectivity index (χ2n) is 8.31. The zero-order chi connectivity index (χ0) is 22.5. The number of carbonyl (C=O) groups is 2. The number of methoxy groups -OCH3 is 1. The maximum Gasteiger partial charge on any atom is 0.356 e. The summed E-state index contributed by atoms with van der Waals surface area (Å²) in [7, 11) is 1.35. The van der Waals surface area contributed by atoms with Crippen LogP contribution in [0.4, 0.5) is 11.4 Å². The molecule has 3 rings (SSSR count). The van der Waals surface area contributed by atoms with Crippen LogP contribution in [-0.4, -0.2) is 47.3 Å². The van der Waals surface area contributed by atoms with E-state index in [2.05, 4.69) is 29.5 Å². The molecule has 1 aliphatic heterocycles. The minimum Gasteiger partial charge on any atom is -0.464 e. The van der Waals surface area contributed by atoms with Gasteiger partial charge in [-0.25, -0.2) is 9.78 Å². The number of aromatic nitrogens is 2. The second kappa shape index (κ2) is 10.1. The summed E-state index contributed by atoms with van der Waals surface area (Å²) in [5.74, 6) is -0.826. The first-order valence-electron chi connectivity index (χ1n) is 11.2. The van der Waals surface area contributed by atoms with Gasteiger partial charge in [0.05, 0.1) is 37.3 Å². The Bertz CT molecular complexity index is 933. The van der Waals surface area contributed by atoms with E-state index >= 15 is 0 Å². The maximum atomic E-state index is 12.8. The largest absolute Gasteiger partial charge is 0.464 e. The minimum atomic E-state index is -0.508. The highest BCUT2D eigenvalue weighted by molar-refractivity contribution is 6.11. The van der Waals surface area contributed by atoms with Crippen molar-refractivity contribution in [3.8, 4) is 0 Å². The third-order valence-electron chi connectivity index (χ3n) is 6.02. The summed E-state index contributed by atoms with van der Waals surface area (Å²) in [6.07, 6.45) is 5.34. The molecular weight excluding hydrogens is 396 g/mol. The molecule has 170 valence electrons. The van der Waals surface area contributed by atoms with E-state index in [1.54, 1.807) is 6.20 Å². The highest BCUT2D eigenvalue weighted by Crippen LogP contribution is 2.34. The lowest BCUT2D eigenvalue weighted by Gasteiger charge is -2.15. The molecule has 3 heterocycles. The van der Waals surface area contributed by atoms with Crippen LogP contribution in [0.15, 0.2) is 12.3 Å². The number of carbonyl (C=O) groups excluding carboxylic acids is 2. The van der Waals surface area contributed by atoms with E-state index in [1.807, 2.05) is 24.5 Å². The summed E-state index contributed by atoms with van der Waals surface area (Å²) in [6.45, 7) is 9.22. The summed E-state index contributed by atoms with van der Waals surface area (Å²) < 4.78 is 12.7. The Morgan fingerprint density at radius 2 is 2.10 bits per heavy atom. The van der Waals surface area contributed by atoms with Gasteiger partial charge in [0.25, 0.3) is 0 Å². The molecule has 0 bridgehead atoms. The van der Waals surface area contributed by atoms with E-state index in [0.29, 0.717) is 42.0 Å². The van der Waals surface area contributed by atoms with E-state index in [9.17, 15) is 9.59 Å². The average Bonchev–Trinajstić information content (AvgIpc) is 3.39. The van der Waals surface area contributed by atoms with Gasteiger partial charge in [0.15, 0.2) is 5.69 Å². The van der Waals surface area contributed by atoms with E-state index < -0.39 is 5.97 Å². The number of nitrogens with zero attached hydrogens (tertiary/aromatic N) is 2. The fourth-order valence-electron chi connectivity index (χ4n) is 3.73. The third kappa shape index (κ3) is 5.01. The van der Waals surface area contributed by atoms with Crippen LogP contribution in [0, 0.1) is 5.92 Å². The Balaban J connectivity index is 2.16. The first kappa shape index (κ1) is 23.1. The first-order valence-corrected chi connectivity index (χ1v) is 11.2. The standard InChI is InChI=1S/C23H34N4O4/c1-6-14(3)22(28)26-19-18-11-16(25-15(4)7-2)12-24-21(18)27(20(19)23(29)30-5)13-17-9-8-10-31-17/h11-12,14-15,17,25H,6-10,13H2,1-5H3,(H,26,28)/t14-,15+,17-/m1/s1. The fraction of sp³-hybridized carbons (Fsp3) is 0.609. The van der Waals surface area contributed by atoms with Crippen molar-refractivity contribution >= 4 is 34.3 Å². The first-order chi connectivity index (χ1) is 14.9. The number of anilines is 2. The number of hydrogen-bond acceptors (Lipinski definition) is 6. The molecule has 0 unspecified atom stereocenters. The predicted molar refractivity (Wildman–Crippen MR) is 122 cm³/mol. The molecule has 0 saturated carbocycles. The number of amides is 1. The van der Waals surface area contributed by atoms with Crippen molar-refractivity contribution in [1.82, 2.24) is 9.55 Å². The Labute approximate surface area is 183 Å². The molecule has 8 heteroatoms. The number of pyridine rings is 1. The van der Waals surface area contributed by atoms with Gasteiger partial charge >= 0.3 is 5.97 Å². The Kier molecular flexibility index (Phi) is 7.54. The molecule has 31 heavy (non-hydrogen) atoms. The molecule has 1 aliphatic rings. The van der Waals surface area contributed by atoms with Crippen LogP contribution in [0.2, 0.25) is 0 Å². The van der Waals surface area contributed by atoms with Crippen LogP contribution in [0.1, 0.15) is 63.9 Å². The molecule has 0 aliphatic carbocycles. The summed E-state index contributed by atoms with van der Waals surface area (Å²) in [5.41, 5.74) is 2.22. The lowest BCUT2D eigenvalue weighted by atomic mass is 10.1. The van der Waals surface area contributed by atoms with Crippen molar-refractivity contribution in [2.75, 3.05) is 24.4 Å². The fourth-order valence-corrected chi connectivity index (χ4v) is 3.73. The lowest BCUT2D eigenvalue weighted by molar-refractivity contribution is -0.119. The normalized spacial score (nSPS) is 18.0. The van der Waals surface area contributed by atoms with Crippen molar-refractivity contribution in [2.24, 2.45) is 5.92 Å². The number of nitrogens with one attached hydrogen (secondary N) is 2. The molecule has 0 spiro atoms. The number of rotatable bonds is 9. The quantitative estimate of drug-likeness (QED) is 0.579. The number of ether oxygens (including phenoxy) is 2. The SMILES string of the molecule is CC[C@@H](C)C(=O)Nc1c(C(=O)OC)n(C[C@H]2CCCO2)c2ncc(N[C@@H](C)CC)cc12. The van der Waals surface area contributed by atoms with E-state index in [4.69, 9.17) is 9.47 Å². The van der Waals surface area contributed by atoms with Crippen molar-refractivity contribution in [3.63, 3.8) is 0 Å². The van der Waals surface area contributed by atoms with Gasteiger partial charge in [0.1, 0.15) is 5.65 Å². The monoisotopic (exact) mass is 430 g/mol. The van der Waals surface area contributed by atoms with E-state index in [-0.39, 0.29) is 24.0 Å². The second-order valence-corrected chi connectivity index (χ2v) is 8.31. The van der Waals surface area contributed by atoms with Crippen molar-refractivity contribution in [3.05, 3.63) is 18.0 Å². The van der Waals surface area contributed by atoms with Crippen LogP contribution in [0.25, 0.3) is 11.0 Å². The van der Waals surface area contributed by atoms with Crippen molar-refractivity contribution < 1.29 is 19.1 Å². The highest BCUT2D eigenvalue weighted by Gasteiger charge is 2.29. The van der Waals surface area contributed by atoms with Gasteiger partial charge in [0.2, 0.25) is 5.91 Å². The zero-order valence-corrected chi connectivity index (χ0v) is 19.2. The Morgan fingerprint density at radius 3 is 2.71 bits per heavy atom. The number of fused-ring (bicyclic) bond motifs is 1. The third-order valence-corrected chi connectivity index (χ3v) is 6.02. The lowest BCUT2D eigenvalue weighted by Crippen LogP contribution is -2.23. The van der Waals surface area contributed by atoms with Gasteiger partial charge in [-0.05, 0) is 38.7 Å². The Hall–Kier alpha value is -2.61. The van der Waals surface area contributed by atoms with E-state index in [1.165, 1.54) is 7.11 Å². The molecule has 2 aromatic heterocycles. The molecule has 2 aromatic rings. The molecular formula is C23H34N4O4. The number of hydrogen-bond donors (Lipinski definition) is 2.